The van der Waals surface area contributed by atoms with Gasteiger partial charge in [-0.05, 0) is 82.1 Å². The topological polar surface area (TPSA) is 61.4 Å². The van der Waals surface area contributed by atoms with Crippen molar-refractivity contribution < 1.29 is 0 Å². The van der Waals surface area contributed by atoms with E-state index in [-0.39, 0.29) is 17.8 Å². The number of hydrogen-bond donors (Lipinski definition) is 0. The van der Waals surface area contributed by atoms with E-state index in [0.29, 0.717) is 11.6 Å². The molecule has 6 heteroatoms. The highest BCUT2D eigenvalue weighted by Gasteiger charge is 2.28. The Morgan fingerprint density at radius 2 is 0.973 bits per heavy atom. The molecular formula is C69H50N6. The van der Waals surface area contributed by atoms with E-state index >= 15 is 0 Å². The van der Waals surface area contributed by atoms with Crippen LogP contribution in [0.4, 0.5) is 0 Å². The summed E-state index contributed by atoms with van der Waals surface area (Å²) in [5.74, 6) is 3.66. The maximum absolute atomic E-state index is 5.38. The van der Waals surface area contributed by atoms with Gasteiger partial charge in [-0.1, -0.05) is 213 Å². The summed E-state index contributed by atoms with van der Waals surface area (Å²) in [5, 5.41) is 3.61. The van der Waals surface area contributed by atoms with Gasteiger partial charge >= 0.3 is 0 Å². The van der Waals surface area contributed by atoms with Crippen LogP contribution in [0.2, 0.25) is 0 Å². The van der Waals surface area contributed by atoms with Crippen LogP contribution in [0.1, 0.15) is 46.8 Å². The Kier molecular flexibility index (Phi) is 10.9. The zero-order valence-electron chi connectivity index (χ0n) is 41.4. The molecule has 3 atom stereocenters. The van der Waals surface area contributed by atoms with Crippen molar-refractivity contribution in [2.24, 2.45) is 5.92 Å². The van der Waals surface area contributed by atoms with Crippen LogP contribution in [0.15, 0.2) is 249 Å². The molecule has 75 heavy (non-hydrogen) atoms. The van der Waals surface area contributed by atoms with Crippen molar-refractivity contribution >= 4 is 44.4 Å². The number of benzene rings is 8. The number of para-hydroxylation sites is 2. The Bertz CT molecular complexity index is 4220. The van der Waals surface area contributed by atoms with Crippen molar-refractivity contribution in [1.82, 2.24) is 29.1 Å². The Balaban J connectivity index is 0.867. The molecule has 0 fully saturated rings. The van der Waals surface area contributed by atoms with Crippen LogP contribution in [0.5, 0.6) is 0 Å². The van der Waals surface area contributed by atoms with Crippen LogP contribution >= 0.6 is 0 Å². The maximum Gasteiger partial charge on any atom is 0.162 e. The number of aromatic nitrogens is 6. The minimum Gasteiger partial charge on any atom is -0.294 e. The molecule has 8 aromatic carbocycles. The van der Waals surface area contributed by atoms with Crippen LogP contribution in [0.25, 0.3) is 101 Å². The molecule has 2 aliphatic rings. The lowest BCUT2D eigenvalue weighted by molar-refractivity contribution is 0.651. The molecule has 12 aromatic rings. The smallest absolute Gasteiger partial charge is 0.162 e. The van der Waals surface area contributed by atoms with Gasteiger partial charge < -0.3 is 0 Å². The summed E-state index contributed by atoms with van der Waals surface area (Å²) >= 11 is 0. The predicted molar refractivity (Wildman–Crippen MR) is 308 cm³/mol. The van der Waals surface area contributed by atoms with Crippen molar-refractivity contribution in [3.8, 4) is 56.8 Å². The molecular weight excluding hydrogens is 913 g/mol. The quantitative estimate of drug-likeness (QED) is 0.145. The first-order valence-electron chi connectivity index (χ1n) is 25.9. The van der Waals surface area contributed by atoms with Gasteiger partial charge in [0.2, 0.25) is 0 Å². The molecule has 0 amide bonds. The van der Waals surface area contributed by atoms with Gasteiger partial charge in [-0.3, -0.25) is 9.13 Å². The molecule has 14 rings (SSSR count). The van der Waals surface area contributed by atoms with E-state index in [0.717, 1.165) is 73.9 Å². The first-order valence-corrected chi connectivity index (χ1v) is 25.9. The molecule has 3 unspecified atom stereocenters. The second-order valence-corrected chi connectivity index (χ2v) is 19.8. The minimum atomic E-state index is 0.144. The Morgan fingerprint density at radius 1 is 0.413 bits per heavy atom. The molecule has 0 spiro atoms. The van der Waals surface area contributed by atoms with E-state index in [1.807, 2.05) is 12.1 Å². The zero-order chi connectivity index (χ0) is 49.8. The van der Waals surface area contributed by atoms with Gasteiger partial charge in [0.1, 0.15) is 11.6 Å². The molecule has 0 aliphatic heterocycles. The number of hydrogen-bond acceptors (Lipinski definition) is 4. The fraction of sp³-hybridized carbons (Fsp3) is 0.0725. The third-order valence-corrected chi connectivity index (χ3v) is 15.4. The van der Waals surface area contributed by atoms with Crippen molar-refractivity contribution in [2.45, 2.75) is 25.2 Å². The first-order chi connectivity index (χ1) is 37.1. The van der Waals surface area contributed by atoms with Gasteiger partial charge in [-0.25, -0.2) is 19.9 Å². The fourth-order valence-corrected chi connectivity index (χ4v) is 11.7. The van der Waals surface area contributed by atoms with Crippen LogP contribution in [0.3, 0.4) is 0 Å². The van der Waals surface area contributed by atoms with Crippen LogP contribution in [-0.4, -0.2) is 29.1 Å². The third-order valence-electron chi connectivity index (χ3n) is 15.4. The molecule has 0 saturated carbocycles. The van der Waals surface area contributed by atoms with E-state index in [1.165, 1.54) is 44.0 Å². The van der Waals surface area contributed by atoms with E-state index in [2.05, 4.69) is 259 Å². The zero-order valence-corrected chi connectivity index (χ0v) is 41.4. The molecule has 0 bridgehead atoms. The number of nitrogens with zero attached hydrogens (tertiary/aromatic N) is 6. The third kappa shape index (κ3) is 7.90. The van der Waals surface area contributed by atoms with Gasteiger partial charge in [-0.2, -0.15) is 0 Å². The lowest BCUT2D eigenvalue weighted by atomic mass is 9.78. The summed E-state index contributed by atoms with van der Waals surface area (Å²) in [6, 6.07) is 79.6. The second-order valence-electron chi connectivity index (χ2n) is 19.8. The standard InChI is InChI=1S/C69H50N6/c1-45-54(47-22-8-3-9-23-47)32-19-33-55(45)61-44-67(73-69(71-61)49-26-12-5-13-27-49)75-63-35-17-15-31-57(63)59-42-52(37-39-65(59)75)51-36-38-64-58(41-51)56-30-14-16-34-62(56)74(64)66-43-60(70-68(72-66)48-24-10-4-11-25-48)53-29-18-28-50(40-53)46-20-6-2-7-21-46/h2-40,42-45,51,54H,41H2,1H3. The van der Waals surface area contributed by atoms with Crippen molar-refractivity contribution in [3.05, 3.63) is 277 Å². The van der Waals surface area contributed by atoms with Crippen molar-refractivity contribution in [2.75, 3.05) is 0 Å². The predicted octanol–water partition coefficient (Wildman–Crippen LogP) is 16.7. The van der Waals surface area contributed by atoms with Crippen LogP contribution in [0, 0.1) is 5.92 Å². The molecule has 2 aliphatic carbocycles. The summed E-state index contributed by atoms with van der Waals surface area (Å²) in [4.78, 5) is 21.3. The normalized spacial score (nSPS) is 16.1. The second kappa shape index (κ2) is 18.5. The van der Waals surface area contributed by atoms with Crippen LogP contribution < -0.4 is 0 Å². The highest BCUT2D eigenvalue weighted by molar-refractivity contribution is 6.09. The maximum atomic E-state index is 5.38. The van der Waals surface area contributed by atoms with Crippen LogP contribution in [-0.2, 0) is 6.42 Å². The summed E-state index contributed by atoms with van der Waals surface area (Å²) in [6.45, 7) is 2.32. The van der Waals surface area contributed by atoms with E-state index in [4.69, 9.17) is 19.9 Å². The van der Waals surface area contributed by atoms with Crippen molar-refractivity contribution in [3.63, 3.8) is 0 Å². The Morgan fingerprint density at radius 3 is 1.69 bits per heavy atom. The minimum absolute atomic E-state index is 0.144. The summed E-state index contributed by atoms with van der Waals surface area (Å²) in [5.41, 5.74) is 16.7. The first kappa shape index (κ1) is 44.2. The summed E-state index contributed by atoms with van der Waals surface area (Å²) in [7, 11) is 0. The average molecular weight is 963 g/mol. The van der Waals surface area contributed by atoms with E-state index < -0.39 is 0 Å². The van der Waals surface area contributed by atoms with E-state index in [9.17, 15) is 0 Å². The van der Waals surface area contributed by atoms with Gasteiger partial charge in [0.15, 0.2) is 11.6 Å². The SMILES string of the molecule is CC1C(c2cc(-n3c4ccccc4c4cc(C5C=Cc6c(c7ccccc7n6-c6cc(-c7cccc(-c8ccccc8)c7)nc(-c7ccccc7)n6)C5)ccc43)nc(-c3ccccc3)n2)=CC=CC1c1ccccc1. The van der Waals surface area contributed by atoms with Gasteiger partial charge in [-0.15, -0.1) is 0 Å². The monoisotopic (exact) mass is 962 g/mol. The number of allylic oxidation sites excluding steroid dienone is 5. The number of fused-ring (bicyclic) bond motifs is 6. The summed E-state index contributed by atoms with van der Waals surface area (Å²) in [6.07, 6.45) is 12.3. The van der Waals surface area contributed by atoms with Crippen molar-refractivity contribution in [1.29, 1.82) is 0 Å². The molecule has 0 N–H and O–H groups in total. The molecule has 6 nitrogen and oxygen atoms in total. The molecule has 4 heterocycles. The highest BCUT2D eigenvalue weighted by Crippen LogP contribution is 2.43. The highest BCUT2D eigenvalue weighted by atomic mass is 15.1. The van der Waals surface area contributed by atoms with Gasteiger partial charge in [0, 0.05) is 56.8 Å². The molecule has 4 aromatic heterocycles. The van der Waals surface area contributed by atoms with E-state index in [1.54, 1.807) is 0 Å². The fourth-order valence-electron chi connectivity index (χ4n) is 11.7. The summed E-state index contributed by atoms with van der Waals surface area (Å²) < 4.78 is 4.68. The molecule has 0 radical (unpaired) electrons. The van der Waals surface area contributed by atoms with Gasteiger partial charge in [0.05, 0.1) is 33.6 Å². The lowest BCUT2D eigenvalue weighted by Crippen LogP contribution is -2.14. The Hall–Kier alpha value is -9.52. The lowest BCUT2D eigenvalue weighted by Gasteiger charge is -2.27. The Labute approximate surface area is 436 Å². The number of rotatable bonds is 9. The average Bonchev–Trinajstić information content (AvgIpc) is 4.05. The molecule has 356 valence electrons. The molecule has 0 saturated heterocycles. The van der Waals surface area contributed by atoms with Gasteiger partial charge in [0.25, 0.3) is 0 Å². The largest absolute Gasteiger partial charge is 0.294 e.